The first-order valence-electron chi connectivity index (χ1n) is 1.15. The minimum Gasteiger partial charge on any atom is -1.00 e. The van der Waals surface area contributed by atoms with Gasteiger partial charge < -0.3 is 7.96 Å². The summed E-state index contributed by atoms with van der Waals surface area (Å²) in [5.74, 6) is 0. The first kappa shape index (κ1) is 11.4. The Morgan fingerprint density at radius 3 is 1.62 bits per heavy atom. The summed E-state index contributed by atoms with van der Waals surface area (Å²) in [7, 11) is -4.82. The minimum absolute atomic E-state index is 0. The summed E-state index contributed by atoms with van der Waals surface area (Å²) in [4.78, 5) is 9.18. The molecule has 0 aromatic heterocycles. The van der Waals surface area contributed by atoms with Gasteiger partial charge in [-0.3, -0.25) is 4.55 Å². The Morgan fingerprint density at radius 1 is 1.50 bits per heavy atom. The Bertz CT molecular complexity index is 174. The van der Waals surface area contributed by atoms with Crippen molar-refractivity contribution >= 4 is 53.2 Å². The van der Waals surface area contributed by atoms with E-state index in [0.717, 1.165) is 0 Å². The maximum Gasteiger partial charge on any atom is 2.00 e. The van der Waals surface area contributed by atoms with Gasteiger partial charge in [-0.2, -0.15) is 8.42 Å². The molecule has 46 valence electrons. The Labute approximate surface area is 78.4 Å². The van der Waals surface area contributed by atoms with E-state index in [-0.39, 0.29) is 40.6 Å². The van der Waals surface area contributed by atoms with Crippen LogP contribution < -0.4 is 0 Å². The average Bonchev–Trinajstić information content (AvgIpc) is 1.31. The maximum atomic E-state index is 9.29. The van der Waals surface area contributed by atoms with Crippen LogP contribution >= 0.6 is 0 Å². The summed E-state index contributed by atoms with van der Waals surface area (Å²) in [5, 5.41) is 5.18. The molecule has 2 N–H and O–H groups in total. The van der Waals surface area contributed by atoms with Gasteiger partial charge in [0.25, 0.3) is 0 Å². The zero-order valence-electron chi connectivity index (χ0n) is 5.73. The molecule has 0 heterocycles. The fraction of sp³-hybridized carbons (Fsp3) is 0. The van der Waals surface area contributed by atoms with Crippen molar-refractivity contribution in [2.45, 2.75) is 0 Å². The maximum absolute atomic E-state index is 9.29. The van der Waals surface area contributed by atoms with E-state index in [2.05, 4.69) is 0 Å². The Morgan fingerprint density at radius 2 is 1.62 bits per heavy atom. The quantitative estimate of drug-likeness (QED) is 0.372. The van der Waals surface area contributed by atoms with Crippen molar-refractivity contribution in [1.82, 2.24) is 0 Å². The van der Waals surface area contributed by atoms with Crippen molar-refractivity contribution in [3.05, 3.63) is 0 Å². The fourth-order valence-electron chi connectivity index (χ4n) is 0. The number of hydrogen-bond donors (Lipinski definition) is 2. The van der Waals surface area contributed by atoms with Gasteiger partial charge in [0.15, 0.2) is 0 Å². The molecule has 0 unspecified atom stereocenters. The first-order valence-corrected chi connectivity index (χ1v) is 2.59. The summed E-state index contributed by atoms with van der Waals surface area (Å²) in [6.45, 7) is 0. The minimum atomic E-state index is -4.82. The molecule has 0 saturated heterocycles. The third kappa shape index (κ3) is 4.79. The SMILES string of the molecule is O=C(O)S(=O)(=O)O.[Ca+2].[H-].[H-]. The van der Waals surface area contributed by atoms with Crippen molar-refractivity contribution in [2.75, 3.05) is 0 Å². The van der Waals surface area contributed by atoms with E-state index >= 15 is 0 Å². The number of carboxylic acid groups (broad SMARTS) is 1. The van der Waals surface area contributed by atoms with Crippen LogP contribution in [-0.4, -0.2) is 61.1 Å². The topological polar surface area (TPSA) is 91.7 Å². The zero-order chi connectivity index (χ0) is 6.08. The van der Waals surface area contributed by atoms with Crippen LogP contribution in [0, 0.1) is 0 Å². The molecular weight excluding hydrogens is 164 g/mol. The second-order valence-electron chi connectivity index (χ2n) is 0.741. The molecule has 0 aliphatic rings. The van der Waals surface area contributed by atoms with E-state index in [4.69, 9.17) is 9.66 Å². The van der Waals surface area contributed by atoms with Gasteiger partial charge in [0.2, 0.25) is 0 Å². The second-order valence-corrected chi connectivity index (χ2v) is 2.04. The molecule has 0 aromatic rings. The van der Waals surface area contributed by atoms with Crippen LogP contribution in [0.2, 0.25) is 0 Å². The van der Waals surface area contributed by atoms with Crippen LogP contribution in [0.4, 0.5) is 4.79 Å². The van der Waals surface area contributed by atoms with Gasteiger partial charge in [0, 0.05) is 0 Å². The van der Waals surface area contributed by atoms with Crippen molar-refractivity contribution in [2.24, 2.45) is 0 Å². The normalized spacial score (nSPS) is 9.62. The van der Waals surface area contributed by atoms with Crippen molar-refractivity contribution in [3.63, 3.8) is 0 Å². The summed E-state index contributed by atoms with van der Waals surface area (Å²) in [5.41, 5.74) is 0. The molecule has 5 nitrogen and oxygen atoms in total. The van der Waals surface area contributed by atoms with Crippen LogP contribution in [-0.2, 0) is 10.1 Å². The predicted octanol–water partition coefficient (Wildman–Crippen LogP) is -0.604. The van der Waals surface area contributed by atoms with Gasteiger partial charge in [-0.25, -0.2) is 4.79 Å². The van der Waals surface area contributed by atoms with Crippen molar-refractivity contribution < 1.29 is 25.7 Å². The Hall–Kier alpha value is 0.640. The first-order chi connectivity index (χ1) is 2.94. The molecule has 0 saturated carbocycles. The van der Waals surface area contributed by atoms with E-state index in [9.17, 15) is 13.2 Å². The van der Waals surface area contributed by atoms with E-state index in [0.29, 0.717) is 0 Å². The Kier molecular flexibility index (Phi) is 5.18. The summed E-state index contributed by atoms with van der Waals surface area (Å²) >= 11 is 0. The van der Waals surface area contributed by atoms with Crippen LogP contribution in [0.5, 0.6) is 0 Å². The van der Waals surface area contributed by atoms with Gasteiger partial charge in [-0.15, -0.1) is 0 Å². The van der Waals surface area contributed by atoms with Gasteiger partial charge >= 0.3 is 53.2 Å². The molecule has 0 aliphatic heterocycles. The number of carbonyl (C=O) groups is 1. The summed E-state index contributed by atoms with van der Waals surface area (Å²) in [6.07, 6.45) is 0. The van der Waals surface area contributed by atoms with Gasteiger partial charge in [0.1, 0.15) is 0 Å². The zero-order valence-corrected chi connectivity index (χ0v) is 6.76. The molecule has 0 spiro atoms. The van der Waals surface area contributed by atoms with E-state index in [1.807, 2.05) is 0 Å². The molecular formula is CH4CaO5S. The standard InChI is InChI=1S/CH2O5S.Ca.2H/c2-1(3)7(4,5)6;;;/h(H,2,3)(H,4,5,6);;;/q;+2;2*-1. The molecule has 0 aromatic carbocycles. The molecule has 7 heteroatoms. The molecule has 0 aliphatic carbocycles. The van der Waals surface area contributed by atoms with E-state index in [1.54, 1.807) is 0 Å². The molecule has 8 heavy (non-hydrogen) atoms. The summed E-state index contributed by atoms with van der Waals surface area (Å²) in [6, 6.07) is 0. The van der Waals surface area contributed by atoms with Crippen molar-refractivity contribution in [3.8, 4) is 0 Å². The van der Waals surface area contributed by atoms with Gasteiger partial charge in [-0.1, -0.05) is 0 Å². The molecule has 0 rings (SSSR count). The Balaban J connectivity index is -0.0000000600. The fourth-order valence-corrected chi connectivity index (χ4v) is 0. The van der Waals surface area contributed by atoms with E-state index < -0.39 is 15.4 Å². The van der Waals surface area contributed by atoms with Gasteiger partial charge in [-0.05, 0) is 0 Å². The van der Waals surface area contributed by atoms with Crippen LogP contribution in [0.25, 0.3) is 0 Å². The molecule has 0 fully saturated rings. The molecule has 0 radical (unpaired) electrons. The predicted molar refractivity (Wildman–Crippen MR) is 27.6 cm³/mol. The molecule has 0 atom stereocenters. The monoisotopic (exact) mass is 168 g/mol. The van der Waals surface area contributed by atoms with Gasteiger partial charge in [0.05, 0.1) is 0 Å². The molecule has 0 bridgehead atoms. The van der Waals surface area contributed by atoms with E-state index in [1.165, 1.54) is 0 Å². The average molecular weight is 168 g/mol. The number of hydrogen-bond acceptors (Lipinski definition) is 3. The molecule has 0 amide bonds. The second kappa shape index (κ2) is 3.62. The smallest absolute Gasteiger partial charge is 1.00 e. The van der Waals surface area contributed by atoms with Crippen LogP contribution in [0.15, 0.2) is 0 Å². The van der Waals surface area contributed by atoms with Crippen LogP contribution in [0.1, 0.15) is 2.85 Å². The largest absolute Gasteiger partial charge is 2.00 e. The number of rotatable bonds is 0. The third-order valence-corrected chi connectivity index (χ3v) is 0.662. The van der Waals surface area contributed by atoms with Crippen molar-refractivity contribution in [1.29, 1.82) is 0 Å². The van der Waals surface area contributed by atoms with Crippen LogP contribution in [0.3, 0.4) is 0 Å². The third-order valence-electron chi connectivity index (χ3n) is 0.221. The summed E-state index contributed by atoms with van der Waals surface area (Å²) < 4.78 is 26.0.